The number of ketones is 1. The smallest absolute Gasteiger partial charge is 0.179 e. The van der Waals surface area contributed by atoms with Crippen molar-refractivity contribution in [3.63, 3.8) is 0 Å². The number of fused-ring (bicyclic) bond motifs is 3. The summed E-state index contributed by atoms with van der Waals surface area (Å²) in [7, 11) is 0. The molecule has 0 aromatic carbocycles. The van der Waals surface area contributed by atoms with Crippen molar-refractivity contribution in [1.82, 2.24) is 24.6 Å². The molecular weight excluding hydrogens is 292 g/mol. The fourth-order valence-electron chi connectivity index (χ4n) is 3.64. The molecule has 0 bridgehead atoms. The monoisotopic (exact) mass is 308 g/mol. The summed E-state index contributed by atoms with van der Waals surface area (Å²) in [5.74, 6) is 1.63. The third kappa shape index (κ3) is 2.36. The van der Waals surface area contributed by atoms with Gasteiger partial charge in [0.15, 0.2) is 11.3 Å². The Kier molecular flexibility index (Phi) is 3.30. The molecule has 4 rings (SSSR count). The minimum absolute atomic E-state index is 0.0185. The summed E-state index contributed by atoms with van der Waals surface area (Å²) >= 11 is 0. The molecule has 0 unspecified atom stereocenters. The van der Waals surface area contributed by atoms with Crippen molar-refractivity contribution in [2.45, 2.75) is 38.0 Å². The van der Waals surface area contributed by atoms with Gasteiger partial charge >= 0.3 is 0 Å². The van der Waals surface area contributed by atoms with E-state index in [0.29, 0.717) is 18.3 Å². The summed E-state index contributed by atoms with van der Waals surface area (Å²) < 4.78 is 2.06. The summed E-state index contributed by atoms with van der Waals surface area (Å²) in [5, 5.41) is 17.2. The molecule has 23 heavy (non-hydrogen) atoms. The molecule has 3 heterocycles. The van der Waals surface area contributed by atoms with Gasteiger partial charge in [-0.1, -0.05) is 0 Å². The standard InChI is InChI=1S/C16H16N6O/c17-5-3-12(23)8-10-1-2-11(7-10)16-21-20-14-9-19-15-13(22(14)16)4-6-18-15/h4,6,9-11,18H,1-3,7-8H2/t10-,11-/m0/s1. The molecule has 0 spiro atoms. The zero-order valence-corrected chi connectivity index (χ0v) is 12.6. The van der Waals surface area contributed by atoms with Crippen LogP contribution in [0.15, 0.2) is 18.5 Å². The summed E-state index contributed by atoms with van der Waals surface area (Å²) in [6, 6.07) is 3.91. The lowest BCUT2D eigenvalue weighted by molar-refractivity contribution is -0.119. The summed E-state index contributed by atoms with van der Waals surface area (Å²) in [5.41, 5.74) is 2.54. The van der Waals surface area contributed by atoms with Crippen LogP contribution in [-0.4, -0.2) is 30.3 Å². The number of aromatic nitrogens is 5. The molecule has 0 aliphatic heterocycles. The highest BCUT2D eigenvalue weighted by Crippen LogP contribution is 2.39. The van der Waals surface area contributed by atoms with Crippen molar-refractivity contribution in [2.75, 3.05) is 0 Å². The number of carbonyl (C=O) groups excluding carboxylic acids is 1. The number of carbonyl (C=O) groups is 1. The van der Waals surface area contributed by atoms with Crippen molar-refractivity contribution in [3.8, 4) is 6.07 Å². The Morgan fingerprint density at radius 1 is 1.43 bits per heavy atom. The topological polar surface area (TPSA) is 99.7 Å². The van der Waals surface area contributed by atoms with E-state index in [-0.39, 0.29) is 12.2 Å². The van der Waals surface area contributed by atoms with Gasteiger partial charge in [-0.3, -0.25) is 9.20 Å². The first kappa shape index (κ1) is 13.9. The Labute approximate surface area is 132 Å². The van der Waals surface area contributed by atoms with E-state index in [4.69, 9.17) is 5.26 Å². The second-order valence-electron chi connectivity index (χ2n) is 6.18. The fraction of sp³-hybridized carbons (Fsp3) is 0.438. The van der Waals surface area contributed by atoms with E-state index in [1.165, 1.54) is 0 Å². The van der Waals surface area contributed by atoms with Crippen LogP contribution >= 0.6 is 0 Å². The van der Waals surface area contributed by atoms with Gasteiger partial charge in [0.05, 0.1) is 24.2 Å². The van der Waals surface area contributed by atoms with Crippen molar-refractivity contribution in [2.24, 2.45) is 5.92 Å². The van der Waals surface area contributed by atoms with Crippen LogP contribution in [0.25, 0.3) is 16.8 Å². The molecular formula is C16H16N6O. The van der Waals surface area contributed by atoms with Gasteiger partial charge in [0.1, 0.15) is 11.6 Å². The predicted octanol–water partition coefficient (Wildman–Crippen LogP) is 2.36. The molecule has 1 N–H and O–H groups in total. The van der Waals surface area contributed by atoms with E-state index in [1.54, 1.807) is 6.20 Å². The Morgan fingerprint density at radius 2 is 2.35 bits per heavy atom. The second-order valence-corrected chi connectivity index (χ2v) is 6.18. The van der Waals surface area contributed by atoms with Crippen LogP contribution in [-0.2, 0) is 4.79 Å². The number of aromatic amines is 1. The molecule has 1 aliphatic rings. The van der Waals surface area contributed by atoms with Crippen molar-refractivity contribution in [1.29, 1.82) is 5.26 Å². The van der Waals surface area contributed by atoms with E-state index in [9.17, 15) is 4.79 Å². The Hall–Kier alpha value is -2.75. The first-order valence-electron chi connectivity index (χ1n) is 7.82. The van der Waals surface area contributed by atoms with Crippen LogP contribution in [0.2, 0.25) is 0 Å². The number of hydrogen-bond acceptors (Lipinski definition) is 5. The molecule has 0 saturated heterocycles. The lowest BCUT2D eigenvalue weighted by Crippen LogP contribution is -2.06. The van der Waals surface area contributed by atoms with Crippen LogP contribution in [0.4, 0.5) is 0 Å². The first-order valence-corrected chi connectivity index (χ1v) is 7.82. The lowest BCUT2D eigenvalue weighted by Gasteiger charge is -2.09. The third-order valence-corrected chi connectivity index (χ3v) is 4.67. The van der Waals surface area contributed by atoms with Gasteiger partial charge in [-0.15, -0.1) is 10.2 Å². The van der Waals surface area contributed by atoms with E-state index in [2.05, 4.69) is 24.6 Å². The van der Waals surface area contributed by atoms with Gasteiger partial charge in [-0.25, -0.2) is 4.98 Å². The highest BCUT2D eigenvalue weighted by atomic mass is 16.1. The van der Waals surface area contributed by atoms with E-state index in [0.717, 1.165) is 41.9 Å². The summed E-state index contributed by atoms with van der Waals surface area (Å²) in [6.45, 7) is 0. The van der Waals surface area contributed by atoms with Crippen LogP contribution in [0.5, 0.6) is 0 Å². The fourth-order valence-corrected chi connectivity index (χ4v) is 3.64. The average Bonchev–Trinajstić information content (AvgIpc) is 3.24. The number of Topliss-reactive ketones (excluding diaryl/α,β-unsaturated/α-hetero) is 1. The number of rotatable bonds is 4. The molecule has 116 valence electrons. The van der Waals surface area contributed by atoms with E-state index < -0.39 is 0 Å². The molecule has 3 aromatic rings. The number of nitriles is 1. The van der Waals surface area contributed by atoms with Crippen LogP contribution in [0, 0.1) is 17.2 Å². The maximum atomic E-state index is 11.7. The molecule has 2 atom stereocenters. The van der Waals surface area contributed by atoms with Crippen LogP contribution < -0.4 is 0 Å². The largest absolute Gasteiger partial charge is 0.345 e. The highest BCUT2D eigenvalue weighted by molar-refractivity contribution is 5.80. The third-order valence-electron chi connectivity index (χ3n) is 4.67. The minimum atomic E-state index is 0.0185. The predicted molar refractivity (Wildman–Crippen MR) is 82.6 cm³/mol. The van der Waals surface area contributed by atoms with E-state index >= 15 is 0 Å². The van der Waals surface area contributed by atoms with Crippen molar-refractivity contribution >= 4 is 22.6 Å². The van der Waals surface area contributed by atoms with Gasteiger partial charge in [-0.05, 0) is 31.2 Å². The number of H-pyrrole nitrogens is 1. The molecule has 3 aromatic heterocycles. The Morgan fingerprint density at radius 3 is 3.22 bits per heavy atom. The molecule has 1 saturated carbocycles. The molecule has 1 aliphatic carbocycles. The molecule has 0 amide bonds. The van der Waals surface area contributed by atoms with Gasteiger partial charge in [0.25, 0.3) is 0 Å². The van der Waals surface area contributed by atoms with Crippen LogP contribution in [0.1, 0.15) is 43.8 Å². The second kappa shape index (κ2) is 5.47. The molecule has 7 heteroatoms. The highest BCUT2D eigenvalue weighted by Gasteiger charge is 2.30. The maximum Gasteiger partial charge on any atom is 0.179 e. The Balaban J connectivity index is 1.62. The minimum Gasteiger partial charge on any atom is -0.345 e. The number of nitrogens with one attached hydrogen (secondary N) is 1. The number of nitrogens with zero attached hydrogens (tertiary/aromatic N) is 5. The molecule has 7 nitrogen and oxygen atoms in total. The quantitative estimate of drug-likeness (QED) is 0.797. The summed E-state index contributed by atoms with van der Waals surface area (Å²) in [6.07, 6.45) is 7.02. The SMILES string of the molecule is N#CCC(=O)C[C@H]1CC[C@H](c2nnc3cnc4[nH]ccc4n23)C1. The Bertz CT molecular complexity index is 918. The van der Waals surface area contributed by atoms with Crippen molar-refractivity contribution in [3.05, 3.63) is 24.3 Å². The lowest BCUT2D eigenvalue weighted by atomic mass is 9.98. The van der Waals surface area contributed by atoms with Gasteiger partial charge in [0.2, 0.25) is 0 Å². The van der Waals surface area contributed by atoms with Gasteiger partial charge < -0.3 is 4.98 Å². The molecule has 0 radical (unpaired) electrons. The zero-order valence-electron chi connectivity index (χ0n) is 12.6. The maximum absolute atomic E-state index is 11.7. The zero-order chi connectivity index (χ0) is 15.8. The normalized spacial score (nSPS) is 21.0. The number of hydrogen-bond donors (Lipinski definition) is 1. The molecule has 1 fully saturated rings. The average molecular weight is 308 g/mol. The van der Waals surface area contributed by atoms with Crippen LogP contribution in [0.3, 0.4) is 0 Å². The van der Waals surface area contributed by atoms with E-state index in [1.807, 2.05) is 18.3 Å². The first-order chi connectivity index (χ1) is 11.3. The summed E-state index contributed by atoms with van der Waals surface area (Å²) in [4.78, 5) is 19.1. The van der Waals surface area contributed by atoms with Crippen molar-refractivity contribution < 1.29 is 4.79 Å². The van der Waals surface area contributed by atoms with Gasteiger partial charge in [0, 0.05) is 18.5 Å². The van der Waals surface area contributed by atoms with Gasteiger partial charge in [-0.2, -0.15) is 5.26 Å².